The fraction of sp³-hybridized carbons (Fsp3) is 1.00. The van der Waals surface area contributed by atoms with Gasteiger partial charge in [0.05, 0.1) is 18.3 Å². The Bertz CT molecular complexity index is 334. The minimum Gasteiger partial charge on any atom is -0.378 e. The summed E-state index contributed by atoms with van der Waals surface area (Å²) in [7, 11) is 1.93. The van der Waals surface area contributed by atoms with Gasteiger partial charge in [0.2, 0.25) is 0 Å². The Hall–Kier alpha value is -0.340. The molecule has 0 unspecified atom stereocenters. The highest BCUT2D eigenvalue weighted by Crippen LogP contribution is 2.26. The Morgan fingerprint density at radius 2 is 1.65 bits per heavy atom. The molecule has 0 aromatic heterocycles. The number of nitrogens with zero attached hydrogens (tertiary/aromatic N) is 1. The molecule has 0 radical (unpaired) electrons. The molecule has 0 atom stereocenters. The van der Waals surface area contributed by atoms with E-state index in [1.54, 1.807) is 0 Å². The lowest BCUT2D eigenvalue weighted by molar-refractivity contribution is -0.157. The van der Waals surface area contributed by atoms with E-state index in [0.29, 0.717) is 19.1 Å². The van der Waals surface area contributed by atoms with Crippen LogP contribution in [0.15, 0.2) is 0 Å². The van der Waals surface area contributed by atoms with Gasteiger partial charge in [0, 0.05) is 32.9 Å². The molecule has 1 heterocycles. The highest BCUT2D eigenvalue weighted by molar-refractivity contribution is 4.81. The van der Waals surface area contributed by atoms with Gasteiger partial charge in [-0.25, -0.2) is 8.78 Å². The molecule has 1 aliphatic heterocycles. The Labute approximate surface area is 137 Å². The molecule has 0 aromatic carbocycles. The van der Waals surface area contributed by atoms with Crippen LogP contribution in [0.2, 0.25) is 0 Å². The van der Waals surface area contributed by atoms with Crippen molar-refractivity contribution in [2.45, 2.75) is 50.4 Å². The van der Waals surface area contributed by atoms with E-state index in [4.69, 9.17) is 18.9 Å². The average Bonchev–Trinajstić information content (AvgIpc) is 2.42. The molecule has 2 aliphatic rings. The fourth-order valence-corrected chi connectivity index (χ4v) is 2.69. The van der Waals surface area contributed by atoms with Crippen molar-refractivity contribution in [2.24, 2.45) is 0 Å². The second kappa shape index (κ2) is 9.22. The fourth-order valence-electron chi connectivity index (χ4n) is 2.69. The summed E-state index contributed by atoms with van der Waals surface area (Å²) in [6, 6.07) is 0. The summed E-state index contributed by atoms with van der Waals surface area (Å²) in [5.74, 6) is -2.92. The predicted molar refractivity (Wildman–Crippen MR) is 82.0 cm³/mol. The second-order valence-corrected chi connectivity index (χ2v) is 6.46. The van der Waals surface area contributed by atoms with Crippen LogP contribution in [-0.2, 0) is 18.9 Å². The highest BCUT2D eigenvalue weighted by atomic mass is 19.3. The van der Waals surface area contributed by atoms with Gasteiger partial charge >= 0.3 is 0 Å². The Balaban J connectivity index is 1.39. The Morgan fingerprint density at radius 3 is 2.30 bits per heavy atom. The molecule has 2 rings (SSSR count). The second-order valence-electron chi connectivity index (χ2n) is 6.46. The number of hydrogen-bond donors (Lipinski definition) is 0. The van der Waals surface area contributed by atoms with Gasteiger partial charge in [-0.15, -0.1) is 0 Å². The van der Waals surface area contributed by atoms with E-state index < -0.39 is 19.1 Å². The van der Waals surface area contributed by atoms with Crippen LogP contribution < -0.4 is 0 Å². The summed E-state index contributed by atoms with van der Waals surface area (Å²) in [6.45, 7) is 3.83. The molecular formula is C16H29F2NO4. The quantitative estimate of drug-likeness (QED) is 0.509. The molecule has 1 aliphatic carbocycles. The lowest BCUT2D eigenvalue weighted by Crippen LogP contribution is -2.51. The van der Waals surface area contributed by atoms with E-state index in [9.17, 15) is 8.78 Å². The number of hydrogen-bond acceptors (Lipinski definition) is 5. The van der Waals surface area contributed by atoms with E-state index in [-0.39, 0.29) is 18.8 Å². The number of ether oxygens (including phenoxy) is 4. The van der Waals surface area contributed by atoms with Crippen molar-refractivity contribution in [2.75, 3.05) is 53.2 Å². The van der Waals surface area contributed by atoms with Gasteiger partial charge in [-0.1, -0.05) is 0 Å². The SMILES string of the molecule is CCOC1CC(OCCCOCC(F)(F)COC2CN(C)C2)C1. The third-order valence-electron chi connectivity index (χ3n) is 4.11. The molecule has 0 aromatic rings. The zero-order chi connectivity index (χ0) is 16.7. The molecule has 0 spiro atoms. The first kappa shape index (κ1) is 19.0. The Kier molecular flexibility index (Phi) is 7.62. The van der Waals surface area contributed by atoms with Crippen molar-refractivity contribution in [3.63, 3.8) is 0 Å². The van der Waals surface area contributed by atoms with Crippen molar-refractivity contribution in [3.8, 4) is 0 Å². The van der Waals surface area contributed by atoms with Crippen LogP contribution in [0.4, 0.5) is 8.78 Å². The van der Waals surface area contributed by atoms with Crippen LogP contribution in [0.25, 0.3) is 0 Å². The zero-order valence-corrected chi connectivity index (χ0v) is 14.1. The molecule has 0 amide bonds. The van der Waals surface area contributed by atoms with E-state index in [1.807, 2.05) is 18.9 Å². The van der Waals surface area contributed by atoms with E-state index in [0.717, 1.165) is 32.5 Å². The van der Waals surface area contributed by atoms with Gasteiger partial charge in [0.1, 0.15) is 13.2 Å². The summed E-state index contributed by atoms with van der Waals surface area (Å²) >= 11 is 0. The lowest BCUT2D eigenvalue weighted by atomic mass is 9.92. The first-order valence-corrected chi connectivity index (χ1v) is 8.47. The predicted octanol–water partition coefficient (Wildman–Crippen LogP) is 1.94. The van der Waals surface area contributed by atoms with Crippen LogP contribution in [0, 0.1) is 0 Å². The number of rotatable bonds is 12. The minimum atomic E-state index is -2.92. The van der Waals surface area contributed by atoms with Crippen molar-refractivity contribution in [3.05, 3.63) is 0 Å². The van der Waals surface area contributed by atoms with Crippen LogP contribution in [-0.4, -0.2) is 82.3 Å². The molecule has 0 N–H and O–H groups in total. The molecule has 1 saturated heterocycles. The maximum atomic E-state index is 13.5. The normalized spacial score (nSPS) is 26.1. The van der Waals surface area contributed by atoms with Crippen molar-refractivity contribution >= 4 is 0 Å². The minimum absolute atomic E-state index is 0.0673. The van der Waals surface area contributed by atoms with Crippen LogP contribution >= 0.6 is 0 Å². The molecule has 23 heavy (non-hydrogen) atoms. The number of likely N-dealkylation sites (N-methyl/N-ethyl adjacent to an activating group) is 1. The van der Waals surface area contributed by atoms with E-state index in [1.165, 1.54) is 0 Å². The summed E-state index contributed by atoms with van der Waals surface area (Å²) < 4.78 is 48.4. The topological polar surface area (TPSA) is 40.2 Å². The highest BCUT2D eigenvalue weighted by Gasteiger charge is 2.33. The zero-order valence-electron chi connectivity index (χ0n) is 14.1. The van der Waals surface area contributed by atoms with Crippen molar-refractivity contribution in [1.82, 2.24) is 4.90 Å². The van der Waals surface area contributed by atoms with Gasteiger partial charge in [-0.05, 0) is 33.2 Å². The van der Waals surface area contributed by atoms with Gasteiger partial charge in [-0.2, -0.15) is 0 Å². The van der Waals surface area contributed by atoms with Crippen molar-refractivity contribution in [1.29, 1.82) is 0 Å². The lowest BCUT2D eigenvalue weighted by Gasteiger charge is -2.36. The van der Waals surface area contributed by atoms with Crippen LogP contribution in [0.3, 0.4) is 0 Å². The Morgan fingerprint density at radius 1 is 0.957 bits per heavy atom. The van der Waals surface area contributed by atoms with Gasteiger partial charge < -0.3 is 23.8 Å². The molecule has 7 heteroatoms. The number of likely N-dealkylation sites (tertiary alicyclic amines) is 1. The molecule has 136 valence electrons. The third-order valence-corrected chi connectivity index (χ3v) is 4.11. The average molecular weight is 337 g/mol. The maximum Gasteiger partial charge on any atom is 0.293 e. The number of halogens is 2. The summed E-state index contributed by atoms with van der Waals surface area (Å²) in [6.07, 6.45) is 3.00. The van der Waals surface area contributed by atoms with Gasteiger partial charge in [0.25, 0.3) is 5.92 Å². The first-order valence-electron chi connectivity index (χ1n) is 8.47. The maximum absolute atomic E-state index is 13.5. The summed E-state index contributed by atoms with van der Waals surface area (Å²) in [5.41, 5.74) is 0. The van der Waals surface area contributed by atoms with E-state index in [2.05, 4.69) is 0 Å². The summed E-state index contributed by atoms with van der Waals surface area (Å²) in [5, 5.41) is 0. The van der Waals surface area contributed by atoms with Crippen molar-refractivity contribution < 1.29 is 27.7 Å². The molecular weight excluding hydrogens is 308 g/mol. The molecule has 1 saturated carbocycles. The van der Waals surface area contributed by atoms with Crippen LogP contribution in [0.1, 0.15) is 26.2 Å². The molecule has 5 nitrogen and oxygen atoms in total. The van der Waals surface area contributed by atoms with Crippen LogP contribution in [0.5, 0.6) is 0 Å². The first-order chi connectivity index (χ1) is 11.0. The monoisotopic (exact) mass is 337 g/mol. The third kappa shape index (κ3) is 6.97. The largest absolute Gasteiger partial charge is 0.378 e. The molecule has 2 fully saturated rings. The standard InChI is InChI=1S/C16H29F2NO4/c1-3-21-13-7-14(8-13)22-6-4-5-20-11-16(17,18)12-23-15-9-19(2)10-15/h13-15H,3-12H2,1-2H3. The smallest absolute Gasteiger partial charge is 0.293 e. The number of alkyl halides is 2. The summed E-state index contributed by atoms with van der Waals surface area (Å²) in [4.78, 5) is 2.03. The van der Waals surface area contributed by atoms with E-state index >= 15 is 0 Å². The molecule has 0 bridgehead atoms. The van der Waals surface area contributed by atoms with Gasteiger partial charge in [0.15, 0.2) is 0 Å². The van der Waals surface area contributed by atoms with Gasteiger partial charge in [-0.3, -0.25) is 0 Å².